The van der Waals surface area contributed by atoms with Crippen LogP contribution in [0.2, 0.25) is 5.15 Å². The van der Waals surface area contributed by atoms with E-state index >= 15 is 0 Å². The van der Waals surface area contributed by atoms with Gasteiger partial charge in [-0.25, -0.2) is 4.98 Å². The van der Waals surface area contributed by atoms with Crippen LogP contribution in [0.5, 0.6) is 0 Å². The Morgan fingerprint density at radius 1 is 1.00 bits per heavy atom. The van der Waals surface area contributed by atoms with E-state index in [1.807, 2.05) is 36.4 Å². The number of pyridine rings is 2. The van der Waals surface area contributed by atoms with Gasteiger partial charge < -0.3 is 5.32 Å². The van der Waals surface area contributed by atoms with E-state index in [4.69, 9.17) is 11.6 Å². The number of fused-ring (bicyclic) bond motifs is 1. The molecule has 1 N–H and O–H groups in total. The molecule has 0 saturated heterocycles. The van der Waals surface area contributed by atoms with Crippen LogP contribution in [-0.4, -0.2) is 9.97 Å². The topological polar surface area (TPSA) is 37.8 Å². The molecule has 0 unspecified atom stereocenters. The number of nitrogens with one attached hydrogen (secondary N) is 1. The van der Waals surface area contributed by atoms with Gasteiger partial charge in [0.2, 0.25) is 0 Å². The van der Waals surface area contributed by atoms with Crippen LogP contribution < -0.4 is 5.32 Å². The van der Waals surface area contributed by atoms with Crippen LogP contribution in [0.15, 0.2) is 54.9 Å². The van der Waals surface area contributed by atoms with Crippen LogP contribution >= 0.6 is 11.6 Å². The van der Waals surface area contributed by atoms with Gasteiger partial charge in [0.05, 0.1) is 11.2 Å². The molecule has 18 heavy (non-hydrogen) atoms. The summed E-state index contributed by atoms with van der Waals surface area (Å²) in [6.07, 6.45) is 3.49. The monoisotopic (exact) mass is 255 g/mol. The lowest BCUT2D eigenvalue weighted by atomic mass is 10.2. The summed E-state index contributed by atoms with van der Waals surface area (Å²) in [7, 11) is 0. The van der Waals surface area contributed by atoms with Crippen molar-refractivity contribution in [2.75, 3.05) is 5.32 Å². The van der Waals surface area contributed by atoms with E-state index in [0.717, 1.165) is 22.3 Å². The Bertz CT molecular complexity index is 683. The Morgan fingerprint density at radius 3 is 2.67 bits per heavy atom. The predicted octanol–water partition coefficient (Wildman–Crippen LogP) is 4.03. The maximum atomic E-state index is 5.86. The molecule has 2 aromatic heterocycles. The van der Waals surface area contributed by atoms with Crippen molar-refractivity contribution in [2.45, 2.75) is 0 Å². The Kier molecular flexibility index (Phi) is 2.82. The van der Waals surface area contributed by atoms with Crippen molar-refractivity contribution in [3.8, 4) is 0 Å². The Balaban J connectivity index is 2.07. The average Bonchev–Trinajstić information content (AvgIpc) is 2.40. The molecule has 0 fully saturated rings. The second kappa shape index (κ2) is 4.63. The van der Waals surface area contributed by atoms with E-state index < -0.39 is 0 Å². The van der Waals surface area contributed by atoms with E-state index in [-0.39, 0.29) is 0 Å². The van der Waals surface area contributed by atoms with Gasteiger partial charge in [-0.2, -0.15) is 0 Å². The highest BCUT2D eigenvalue weighted by molar-refractivity contribution is 6.30. The zero-order valence-electron chi connectivity index (χ0n) is 9.47. The third kappa shape index (κ3) is 2.13. The van der Waals surface area contributed by atoms with Crippen molar-refractivity contribution < 1.29 is 0 Å². The number of nitrogens with zero attached hydrogens (tertiary/aromatic N) is 2. The number of para-hydroxylation sites is 1. The van der Waals surface area contributed by atoms with Crippen LogP contribution in [0, 0.1) is 0 Å². The molecule has 0 spiro atoms. The predicted molar refractivity (Wildman–Crippen MR) is 74.3 cm³/mol. The van der Waals surface area contributed by atoms with Gasteiger partial charge >= 0.3 is 0 Å². The fourth-order valence-electron chi connectivity index (χ4n) is 1.80. The largest absolute Gasteiger partial charge is 0.355 e. The number of anilines is 2. The van der Waals surface area contributed by atoms with Gasteiger partial charge in [0, 0.05) is 29.5 Å². The lowest BCUT2D eigenvalue weighted by Gasteiger charge is -2.08. The summed E-state index contributed by atoms with van der Waals surface area (Å²) < 4.78 is 0. The van der Waals surface area contributed by atoms with Crippen molar-refractivity contribution in [2.24, 2.45) is 0 Å². The molecule has 2 heterocycles. The lowest BCUT2D eigenvalue weighted by Crippen LogP contribution is -1.92. The summed E-state index contributed by atoms with van der Waals surface area (Å²) in [5.41, 5.74) is 2.83. The van der Waals surface area contributed by atoms with E-state index in [9.17, 15) is 0 Å². The Labute approximate surface area is 109 Å². The van der Waals surface area contributed by atoms with Crippen LogP contribution in [0.1, 0.15) is 0 Å². The number of halogens is 1. The minimum Gasteiger partial charge on any atom is -0.355 e. The van der Waals surface area contributed by atoms with E-state index in [0.29, 0.717) is 5.15 Å². The summed E-state index contributed by atoms with van der Waals surface area (Å²) in [6, 6.07) is 13.7. The van der Waals surface area contributed by atoms with Crippen molar-refractivity contribution in [3.63, 3.8) is 0 Å². The summed E-state index contributed by atoms with van der Waals surface area (Å²) in [5.74, 6) is 0. The summed E-state index contributed by atoms with van der Waals surface area (Å²) >= 11 is 5.86. The maximum absolute atomic E-state index is 5.86. The fraction of sp³-hybridized carbons (Fsp3) is 0. The molecule has 0 aliphatic heterocycles. The molecular weight excluding hydrogens is 246 g/mol. The minimum atomic E-state index is 0.451. The van der Waals surface area contributed by atoms with Crippen LogP contribution in [0.4, 0.5) is 11.4 Å². The number of hydrogen-bond donors (Lipinski definition) is 1. The van der Waals surface area contributed by atoms with Gasteiger partial charge in [-0.1, -0.05) is 29.8 Å². The first-order chi connectivity index (χ1) is 8.83. The zero-order chi connectivity index (χ0) is 12.4. The second-order valence-electron chi connectivity index (χ2n) is 3.87. The molecule has 3 rings (SSSR count). The molecule has 0 radical (unpaired) electrons. The van der Waals surface area contributed by atoms with E-state index in [1.165, 1.54) is 0 Å². The molecule has 0 atom stereocenters. The highest BCUT2D eigenvalue weighted by Crippen LogP contribution is 2.25. The first-order valence-corrected chi connectivity index (χ1v) is 5.93. The van der Waals surface area contributed by atoms with Gasteiger partial charge in [-0.15, -0.1) is 0 Å². The third-order valence-electron chi connectivity index (χ3n) is 2.65. The molecule has 4 heteroatoms. The van der Waals surface area contributed by atoms with Crippen LogP contribution in [0.25, 0.3) is 10.9 Å². The molecule has 0 amide bonds. The summed E-state index contributed by atoms with van der Waals surface area (Å²) in [6.45, 7) is 0. The van der Waals surface area contributed by atoms with Crippen LogP contribution in [0.3, 0.4) is 0 Å². The second-order valence-corrected chi connectivity index (χ2v) is 4.26. The van der Waals surface area contributed by atoms with Gasteiger partial charge in [-0.05, 0) is 18.2 Å². The first-order valence-electron chi connectivity index (χ1n) is 5.55. The molecule has 0 aliphatic rings. The maximum Gasteiger partial charge on any atom is 0.131 e. The van der Waals surface area contributed by atoms with Gasteiger partial charge in [0.25, 0.3) is 0 Å². The molecule has 0 bridgehead atoms. The lowest BCUT2D eigenvalue weighted by molar-refractivity contribution is 1.32. The van der Waals surface area contributed by atoms with Crippen molar-refractivity contribution in [1.82, 2.24) is 9.97 Å². The van der Waals surface area contributed by atoms with Crippen molar-refractivity contribution in [1.29, 1.82) is 0 Å². The third-order valence-corrected chi connectivity index (χ3v) is 2.85. The number of rotatable bonds is 2. The summed E-state index contributed by atoms with van der Waals surface area (Å²) in [5, 5.41) is 4.74. The normalized spacial score (nSPS) is 10.5. The zero-order valence-corrected chi connectivity index (χ0v) is 10.2. The SMILES string of the molecule is Clc1cc2nccc(Nc3ccccc3)c2cn1. The van der Waals surface area contributed by atoms with Crippen LogP contribution in [-0.2, 0) is 0 Å². The Hall–Kier alpha value is -2.13. The van der Waals surface area contributed by atoms with Gasteiger partial charge in [0.15, 0.2) is 0 Å². The van der Waals surface area contributed by atoms with Gasteiger partial charge in [-0.3, -0.25) is 4.98 Å². The highest BCUT2D eigenvalue weighted by Gasteiger charge is 2.03. The molecule has 0 saturated carbocycles. The first kappa shape index (κ1) is 11.0. The average molecular weight is 256 g/mol. The standard InChI is InChI=1S/C14H10ClN3/c15-14-8-13-11(9-17-14)12(6-7-16-13)18-10-4-2-1-3-5-10/h1-9H,(H,16,18). The smallest absolute Gasteiger partial charge is 0.131 e. The Morgan fingerprint density at radius 2 is 1.83 bits per heavy atom. The minimum absolute atomic E-state index is 0.451. The van der Waals surface area contributed by atoms with E-state index in [1.54, 1.807) is 18.5 Å². The van der Waals surface area contributed by atoms with E-state index in [2.05, 4.69) is 15.3 Å². The molecular formula is C14H10ClN3. The molecule has 1 aromatic carbocycles. The fourth-order valence-corrected chi connectivity index (χ4v) is 1.95. The molecule has 3 nitrogen and oxygen atoms in total. The summed E-state index contributed by atoms with van der Waals surface area (Å²) in [4.78, 5) is 8.37. The van der Waals surface area contributed by atoms with Gasteiger partial charge in [0.1, 0.15) is 5.15 Å². The van der Waals surface area contributed by atoms with Crippen molar-refractivity contribution in [3.05, 3.63) is 60.0 Å². The molecule has 88 valence electrons. The molecule has 3 aromatic rings. The molecule has 0 aliphatic carbocycles. The highest BCUT2D eigenvalue weighted by atomic mass is 35.5. The number of benzene rings is 1. The van der Waals surface area contributed by atoms with Crippen molar-refractivity contribution >= 4 is 33.9 Å². The quantitative estimate of drug-likeness (QED) is 0.703. The number of hydrogen-bond acceptors (Lipinski definition) is 3. The number of aromatic nitrogens is 2.